The van der Waals surface area contributed by atoms with Gasteiger partial charge in [-0.3, -0.25) is 0 Å². The van der Waals surface area contributed by atoms with Gasteiger partial charge in [-0.1, -0.05) is 114 Å². The Morgan fingerprint density at radius 1 is 0.700 bits per heavy atom. The minimum absolute atomic E-state index is 0. The first-order chi connectivity index (χ1) is 18.8. The van der Waals surface area contributed by atoms with Gasteiger partial charge in [0.15, 0.2) is 5.71 Å². The Bertz CT molecular complexity index is 1290. The monoisotopic (exact) mass is 648 g/mol. The van der Waals surface area contributed by atoms with E-state index in [0.29, 0.717) is 0 Å². The van der Waals surface area contributed by atoms with Crippen LogP contribution in [0.15, 0.2) is 96.8 Å². The van der Waals surface area contributed by atoms with E-state index in [9.17, 15) is 0 Å². The first-order valence-corrected chi connectivity index (χ1v) is 15.2. The Hall–Kier alpha value is -2.40. The lowest BCUT2D eigenvalue weighted by Crippen LogP contribution is -3.00. The van der Waals surface area contributed by atoms with E-state index in [0.717, 1.165) is 13.1 Å². The number of allylic oxidation sites excluding steroid dienone is 8. The van der Waals surface area contributed by atoms with E-state index < -0.39 is 0 Å². The van der Waals surface area contributed by atoms with Crippen molar-refractivity contribution in [3.8, 4) is 0 Å². The van der Waals surface area contributed by atoms with Crippen molar-refractivity contribution in [1.29, 1.82) is 0 Å². The van der Waals surface area contributed by atoms with Crippen LogP contribution < -0.4 is 28.9 Å². The van der Waals surface area contributed by atoms with Crippen molar-refractivity contribution >= 4 is 17.1 Å². The highest BCUT2D eigenvalue weighted by molar-refractivity contribution is 6.03. The van der Waals surface area contributed by atoms with Crippen LogP contribution in [-0.2, 0) is 10.8 Å². The third kappa shape index (κ3) is 6.73. The molecule has 2 heterocycles. The number of unbranched alkanes of at least 4 members (excludes halogenated alkanes) is 4. The summed E-state index contributed by atoms with van der Waals surface area (Å²) in [5, 5.41) is 0. The molecule has 2 aromatic carbocycles. The van der Waals surface area contributed by atoms with Gasteiger partial charge in [-0.05, 0) is 44.4 Å². The maximum Gasteiger partial charge on any atom is 0.209 e. The summed E-state index contributed by atoms with van der Waals surface area (Å²) in [6, 6.07) is 17.8. The number of halogens is 1. The van der Waals surface area contributed by atoms with Crippen LogP contribution in [0.3, 0.4) is 0 Å². The molecule has 2 aliphatic heterocycles. The van der Waals surface area contributed by atoms with Crippen molar-refractivity contribution in [1.82, 2.24) is 0 Å². The third-order valence-corrected chi connectivity index (χ3v) is 8.52. The molecule has 0 aromatic heterocycles. The van der Waals surface area contributed by atoms with Crippen LogP contribution in [0.2, 0.25) is 0 Å². The van der Waals surface area contributed by atoms with E-state index >= 15 is 0 Å². The van der Waals surface area contributed by atoms with Crippen LogP contribution in [0.4, 0.5) is 11.4 Å². The number of hydrogen-bond acceptors (Lipinski definition) is 1. The zero-order valence-electron chi connectivity index (χ0n) is 25.6. The van der Waals surface area contributed by atoms with E-state index in [1.807, 2.05) is 0 Å². The number of benzene rings is 2. The first-order valence-electron chi connectivity index (χ1n) is 15.2. The fourth-order valence-electron chi connectivity index (χ4n) is 6.29. The lowest BCUT2D eigenvalue weighted by Gasteiger charge is -2.27. The maximum absolute atomic E-state index is 2.54. The standard InChI is InChI=1S/C37H49N2.HI/c1-7-9-20-28-38-32-24-18-16-22-30(32)36(3,4)34(38)26-14-12-11-13-15-27-35-37(5,6)31-23-17-19-25-33(31)39(35)29-21-10-8-2;/h11-19,22-27H,7-10,20-21,28-29H2,1-6H3;1H/q+1;/p-1. The van der Waals surface area contributed by atoms with Gasteiger partial charge in [0, 0.05) is 47.5 Å². The molecule has 2 aromatic rings. The molecule has 0 radical (unpaired) electrons. The van der Waals surface area contributed by atoms with Crippen LogP contribution >= 0.6 is 0 Å². The van der Waals surface area contributed by atoms with Gasteiger partial charge in [-0.15, -0.1) is 0 Å². The molecule has 4 rings (SSSR count). The zero-order valence-corrected chi connectivity index (χ0v) is 27.7. The second kappa shape index (κ2) is 14.5. The fraction of sp³-hybridized carbons (Fsp3) is 0.432. The van der Waals surface area contributed by atoms with Crippen molar-refractivity contribution in [3.05, 3.63) is 108 Å². The SMILES string of the molecule is CCCCCN1C(=CC=CC=CC=CC2=[N+](CCCCC)c3ccccc3C2(C)C)C(C)(C)c2ccccc21.[I-]. The number of rotatable bonds is 12. The van der Waals surface area contributed by atoms with Crippen LogP contribution in [0.5, 0.6) is 0 Å². The average Bonchev–Trinajstić information content (AvgIpc) is 3.28. The zero-order chi connectivity index (χ0) is 27.9. The molecular formula is C37H49IN2. The van der Waals surface area contributed by atoms with Crippen molar-refractivity contribution in [3.63, 3.8) is 0 Å². The summed E-state index contributed by atoms with van der Waals surface area (Å²) >= 11 is 0. The molecular weight excluding hydrogens is 599 g/mol. The van der Waals surface area contributed by atoms with Crippen molar-refractivity contribution < 1.29 is 28.6 Å². The van der Waals surface area contributed by atoms with Gasteiger partial charge in [-0.2, -0.15) is 4.58 Å². The first kappa shape index (κ1) is 32.1. The largest absolute Gasteiger partial charge is 1.00 e. The molecule has 0 spiro atoms. The predicted molar refractivity (Wildman–Crippen MR) is 171 cm³/mol. The summed E-state index contributed by atoms with van der Waals surface area (Å²) in [6.45, 7) is 16.1. The molecule has 214 valence electrons. The number of nitrogens with zero attached hydrogens (tertiary/aromatic N) is 2. The minimum atomic E-state index is 0. The number of anilines is 1. The van der Waals surface area contributed by atoms with Crippen molar-refractivity contribution in [2.24, 2.45) is 0 Å². The van der Waals surface area contributed by atoms with Gasteiger partial charge in [0.25, 0.3) is 0 Å². The van der Waals surface area contributed by atoms with Gasteiger partial charge < -0.3 is 28.9 Å². The summed E-state index contributed by atoms with van der Waals surface area (Å²) in [7, 11) is 0. The molecule has 0 bridgehead atoms. The Morgan fingerprint density at radius 3 is 2.08 bits per heavy atom. The van der Waals surface area contributed by atoms with Crippen LogP contribution in [0.25, 0.3) is 0 Å². The summed E-state index contributed by atoms with van der Waals surface area (Å²) in [4.78, 5) is 2.54. The van der Waals surface area contributed by atoms with Gasteiger partial charge in [-0.25, -0.2) is 0 Å². The van der Waals surface area contributed by atoms with E-state index in [1.54, 1.807) is 0 Å². The fourth-order valence-corrected chi connectivity index (χ4v) is 6.29. The van der Waals surface area contributed by atoms with Gasteiger partial charge in [0.2, 0.25) is 5.69 Å². The van der Waals surface area contributed by atoms with Crippen molar-refractivity contribution in [2.45, 2.75) is 90.9 Å². The Morgan fingerprint density at radius 2 is 1.32 bits per heavy atom. The van der Waals surface area contributed by atoms with E-state index in [2.05, 4.69) is 142 Å². The molecule has 0 saturated carbocycles. The van der Waals surface area contributed by atoms with Gasteiger partial charge >= 0.3 is 0 Å². The molecule has 2 nitrogen and oxygen atoms in total. The molecule has 0 unspecified atom stereocenters. The summed E-state index contributed by atoms with van der Waals surface area (Å²) < 4.78 is 2.54. The second-order valence-electron chi connectivity index (χ2n) is 12.1. The topological polar surface area (TPSA) is 6.25 Å². The highest BCUT2D eigenvalue weighted by Crippen LogP contribution is 2.47. The molecule has 40 heavy (non-hydrogen) atoms. The quantitative estimate of drug-likeness (QED) is 0.106. The Balaban J connectivity index is 0.00000441. The molecule has 0 aliphatic carbocycles. The summed E-state index contributed by atoms with van der Waals surface area (Å²) in [5.41, 5.74) is 8.41. The van der Waals surface area contributed by atoms with Crippen LogP contribution in [0.1, 0.15) is 91.2 Å². The number of hydrogen-bond donors (Lipinski definition) is 0. The van der Waals surface area contributed by atoms with Gasteiger partial charge in [0.1, 0.15) is 6.54 Å². The third-order valence-electron chi connectivity index (χ3n) is 8.52. The van der Waals surface area contributed by atoms with E-state index in [-0.39, 0.29) is 34.8 Å². The molecule has 0 amide bonds. The van der Waals surface area contributed by atoms with Crippen LogP contribution in [0, 0.1) is 0 Å². The minimum Gasteiger partial charge on any atom is -1.00 e. The highest BCUT2D eigenvalue weighted by Gasteiger charge is 2.43. The summed E-state index contributed by atoms with van der Waals surface area (Å²) in [5.74, 6) is 0. The van der Waals surface area contributed by atoms with E-state index in [1.165, 1.54) is 72.4 Å². The second-order valence-corrected chi connectivity index (χ2v) is 12.1. The molecule has 0 saturated heterocycles. The summed E-state index contributed by atoms with van der Waals surface area (Å²) in [6.07, 6.45) is 23.0. The predicted octanol–water partition coefficient (Wildman–Crippen LogP) is 6.80. The Labute approximate surface area is 261 Å². The highest BCUT2D eigenvalue weighted by atomic mass is 127. The molecule has 0 atom stereocenters. The lowest BCUT2D eigenvalue weighted by atomic mass is 9.81. The van der Waals surface area contributed by atoms with E-state index in [4.69, 9.17) is 0 Å². The molecule has 0 fully saturated rings. The number of para-hydroxylation sites is 2. The van der Waals surface area contributed by atoms with Gasteiger partial charge in [0.05, 0.1) is 5.41 Å². The lowest BCUT2D eigenvalue weighted by molar-refractivity contribution is -0.438. The maximum atomic E-state index is 2.54. The Kier molecular flexibility index (Phi) is 11.6. The molecule has 2 aliphatic rings. The average molecular weight is 649 g/mol. The normalized spacial score (nSPS) is 18.4. The molecule has 3 heteroatoms. The number of fused-ring (bicyclic) bond motifs is 2. The molecule has 0 N–H and O–H groups in total. The smallest absolute Gasteiger partial charge is 0.209 e. The van der Waals surface area contributed by atoms with Crippen molar-refractivity contribution in [2.75, 3.05) is 18.0 Å². The van der Waals surface area contributed by atoms with Crippen LogP contribution in [-0.4, -0.2) is 23.4 Å².